The Labute approximate surface area is 155 Å². The summed E-state index contributed by atoms with van der Waals surface area (Å²) in [5.74, 6) is 1.12. The highest BCUT2D eigenvalue weighted by molar-refractivity contribution is 5.74. The fourth-order valence-corrected chi connectivity index (χ4v) is 5.19. The molecule has 1 aromatic rings. The van der Waals surface area contributed by atoms with Gasteiger partial charge in [0.25, 0.3) is 5.56 Å². The highest BCUT2D eigenvalue weighted by Gasteiger charge is 2.37. The van der Waals surface area contributed by atoms with Gasteiger partial charge in [-0.2, -0.15) is 0 Å². The van der Waals surface area contributed by atoms with Crippen molar-refractivity contribution in [2.75, 3.05) is 13.1 Å². The van der Waals surface area contributed by atoms with E-state index in [4.69, 9.17) is 0 Å². The maximum absolute atomic E-state index is 13.2. The number of nitrogens with zero attached hydrogens (tertiary/aromatic N) is 2. The van der Waals surface area contributed by atoms with Gasteiger partial charge < -0.3 is 14.8 Å². The number of nitrogens with one attached hydrogen (secondary N) is 1. The molecule has 2 aliphatic heterocycles. The number of hydrogen-bond donors (Lipinski definition) is 1. The van der Waals surface area contributed by atoms with Gasteiger partial charge in [0.2, 0.25) is 0 Å². The van der Waals surface area contributed by atoms with Crippen LogP contribution in [0.1, 0.15) is 75.5 Å². The average molecular weight is 357 g/mol. The summed E-state index contributed by atoms with van der Waals surface area (Å²) in [6, 6.07) is 4.45. The highest BCUT2D eigenvalue weighted by Crippen LogP contribution is 2.37. The molecule has 0 spiro atoms. The fraction of sp³-hybridized carbons (Fsp3) is 0.714. The molecular formula is C21H31N3O2. The summed E-state index contributed by atoms with van der Waals surface area (Å²) < 4.78 is 2.04. The zero-order chi connectivity index (χ0) is 18.3. The number of carbonyl (C=O) groups is 1. The first-order chi connectivity index (χ1) is 12.5. The average Bonchev–Trinajstić information content (AvgIpc) is 2.62. The number of carbonyl (C=O) groups excluding carboxylic acids is 1. The Morgan fingerprint density at radius 3 is 2.58 bits per heavy atom. The van der Waals surface area contributed by atoms with Gasteiger partial charge >= 0.3 is 6.03 Å². The van der Waals surface area contributed by atoms with E-state index in [1.807, 2.05) is 23.3 Å². The van der Waals surface area contributed by atoms with Crippen LogP contribution in [-0.2, 0) is 6.54 Å². The quantitative estimate of drug-likeness (QED) is 0.881. The predicted molar refractivity (Wildman–Crippen MR) is 103 cm³/mol. The van der Waals surface area contributed by atoms with Crippen molar-refractivity contribution in [1.29, 1.82) is 0 Å². The number of piperidine rings is 1. The van der Waals surface area contributed by atoms with Gasteiger partial charge in [-0.1, -0.05) is 25.3 Å². The molecule has 2 atom stereocenters. The van der Waals surface area contributed by atoms with Crippen molar-refractivity contribution in [2.45, 2.75) is 76.8 Å². The molecule has 26 heavy (non-hydrogen) atoms. The molecular weight excluding hydrogens is 326 g/mol. The number of amides is 2. The van der Waals surface area contributed by atoms with Crippen molar-refractivity contribution in [2.24, 2.45) is 5.92 Å². The Balaban J connectivity index is 1.58. The van der Waals surface area contributed by atoms with Crippen molar-refractivity contribution >= 4 is 6.03 Å². The van der Waals surface area contributed by atoms with Gasteiger partial charge in [0.15, 0.2) is 0 Å². The first-order valence-corrected chi connectivity index (χ1v) is 10.3. The van der Waals surface area contributed by atoms with E-state index < -0.39 is 0 Å². The van der Waals surface area contributed by atoms with Gasteiger partial charge in [-0.25, -0.2) is 4.79 Å². The summed E-state index contributed by atoms with van der Waals surface area (Å²) in [7, 11) is 0. The minimum Gasteiger partial charge on any atom is -0.336 e. The number of likely N-dealkylation sites (tertiary alicyclic amines) is 1. The van der Waals surface area contributed by atoms with E-state index in [0.717, 1.165) is 50.2 Å². The van der Waals surface area contributed by atoms with Gasteiger partial charge in [-0.05, 0) is 51.0 Å². The largest absolute Gasteiger partial charge is 0.336 e. The lowest BCUT2D eigenvalue weighted by Crippen LogP contribution is -2.53. The third-order valence-electron chi connectivity index (χ3n) is 6.38. The number of hydrogen-bond acceptors (Lipinski definition) is 2. The van der Waals surface area contributed by atoms with Crippen LogP contribution in [0.4, 0.5) is 4.79 Å². The van der Waals surface area contributed by atoms with Crippen LogP contribution in [0, 0.1) is 5.92 Å². The lowest BCUT2D eigenvalue weighted by Gasteiger charge is -2.43. The molecule has 2 fully saturated rings. The molecule has 5 heteroatoms. The van der Waals surface area contributed by atoms with Crippen LogP contribution >= 0.6 is 0 Å². The van der Waals surface area contributed by atoms with E-state index in [1.54, 1.807) is 0 Å². The monoisotopic (exact) mass is 357 g/mol. The molecule has 1 aliphatic carbocycles. The van der Waals surface area contributed by atoms with Crippen LogP contribution in [0.3, 0.4) is 0 Å². The van der Waals surface area contributed by atoms with E-state index in [1.165, 1.54) is 19.3 Å². The van der Waals surface area contributed by atoms with Gasteiger partial charge in [0.05, 0.1) is 0 Å². The molecule has 0 aromatic carbocycles. The molecule has 2 bridgehead atoms. The number of rotatable bonds is 2. The molecule has 0 radical (unpaired) electrons. The second-order valence-electron chi connectivity index (χ2n) is 8.77. The normalized spacial score (nSPS) is 25.9. The molecule has 4 rings (SSSR count). The van der Waals surface area contributed by atoms with Gasteiger partial charge in [-0.15, -0.1) is 0 Å². The first-order valence-electron chi connectivity index (χ1n) is 10.3. The van der Waals surface area contributed by atoms with Crippen molar-refractivity contribution in [1.82, 2.24) is 14.8 Å². The summed E-state index contributed by atoms with van der Waals surface area (Å²) in [6.45, 7) is 6.22. The summed E-state index contributed by atoms with van der Waals surface area (Å²) >= 11 is 0. The van der Waals surface area contributed by atoms with Gasteiger partial charge in [-0.3, -0.25) is 4.79 Å². The maximum atomic E-state index is 13.2. The molecule has 1 N–H and O–H groups in total. The third-order valence-corrected chi connectivity index (χ3v) is 6.38. The van der Waals surface area contributed by atoms with E-state index in [0.29, 0.717) is 11.8 Å². The van der Waals surface area contributed by atoms with Crippen LogP contribution in [0.5, 0.6) is 0 Å². The van der Waals surface area contributed by atoms with Crippen LogP contribution < -0.4 is 10.9 Å². The topological polar surface area (TPSA) is 54.3 Å². The summed E-state index contributed by atoms with van der Waals surface area (Å²) in [4.78, 5) is 27.5. The maximum Gasteiger partial charge on any atom is 0.317 e. The predicted octanol–water partition coefficient (Wildman–Crippen LogP) is 3.43. The number of urea groups is 1. The van der Waals surface area contributed by atoms with Gasteiger partial charge in [0, 0.05) is 42.9 Å². The van der Waals surface area contributed by atoms with Crippen LogP contribution in [-0.4, -0.2) is 34.6 Å². The van der Waals surface area contributed by atoms with E-state index >= 15 is 0 Å². The second kappa shape index (κ2) is 7.09. The van der Waals surface area contributed by atoms with E-state index in [-0.39, 0.29) is 23.6 Å². The molecule has 142 valence electrons. The zero-order valence-electron chi connectivity index (χ0n) is 16.0. The fourth-order valence-electron chi connectivity index (χ4n) is 5.19. The molecule has 5 nitrogen and oxygen atoms in total. The molecule has 1 aromatic heterocycles. The lowest BCUT2D eigenvalue weighted by molar-refractivity contribution is 0.129. The smallest absolute Gasteiger partial charge is 0.317 e. The molecule has 2 amide bonds. The SMILES string of the molecule is CC(C)NC(=O)N1C[C@@H]2C[C@H](C1)c1ccc(C3CCCCC3)c(=O)n1C2. The van der Waals surface area contributed by atoms with Crippen molar-refractivity contribution in [3.8, 4) is 0 Å². The molecule has 1 saturated carbocycles. The Morgan fingerprint density at radius 1 is 1.08 bits per heavy atom. The van der Waals surface area contributed by atoms with Crippen LogP contribution in [0.25, 0.3) is 0 Å². The Kier molecular flexibility index (Phi) is 4.80. The minimum absolute atomic E-state index is 0.0318. The van der Waals surface area contributed by atoms with E-state index in [9.17, 15) is 9.59 Å². The Morgan fingerprint density at radius 2 is 1.85 bits per heavy atom. The molecule has 0 unspecified atom stereocenters. The van der Waals surface area contributed by atoms with E-state index in [2.05, 4.69) is 17.4 Å². The van der Waals surface area contributed by atoms with Crippen molar-refractivity contribution < 1.29 is 4.79 Å². The molecule has 1 saturated heterocycles. The first kappa shape index (κ1) is 17.6. The summed E-state index contributed by atoms with van der Waals surface area (Å²) in [5.41, 5.74) is 2.40. The minimum atomic E-state index is 0.0318. The summed E-state index contributed by atoms with van der Waals surface area (Å²) in [5, 5.41) is 3.01. The third kappa shape index (κ3) is 3.28. The summed E-state index contributed by atoms with van der Waals surface area (Å²) in [6.07, 6.45) is 7.21. The highest BCUT2D eigenvalue weighted by atomic mass is 16.2. The molecule has 3 aliphatic rings. The Bertz CT molecular complexity index is 733. The number of fused-ring (bicyclic) bond motifs is 4. The van der Waals surface area contributed by atoms with Crippen molar-refractivity contribution in [3.63, 3.8) is 0 Å². The lowest BCUT2D eigenvalue weighted by atomic mass is 9.81. The van der Waals surface area contributed by atoms with Crippen LogP contribution in [0.15, 0.2) is 16.9 Å². The van der Waals surface area contributed by atoms with Gasteiger partial charge in [0.1, 0.15) is 0 Å². The van der Waals surface area contributed by atoms with Crippen molar-refractivity contribution in [3.05, 3.63) is 33.7 Å². The van der Waals surface area contributed by atoms with Crippen LogP contribution in [0.2, 0.25) is 0 Å². The number of aromatic nitrogens is 1. The standard InChI is InChI=1S/C21H31N3O2/c1-14(2)22-21(26)23-11-15-10-17(13-23)19-9-8-18(20(25)24(19)12-15)16-6-4-3-5-7-16/h8-9,14-17H,3-7,10-13H2,1-2H3,(H,22,26)/t15-,17+/m0/s1. The second-order valence-corrected chi connectivity index (χ2v) is 8.77. The number of pyridine rings is 1. The Hall–Kier alpha value is -1.78. The molecule has 3 heterocycles. The zero-order valence-corrected chi connectivity index (χ0v) is 16.0.